The number of aliphatic carboxylic acids is 1. The lowest BCUT2D eigenvalue weighted by atomic mass is 10.2. The van der Waals surface area contributed by atoms with E-state index < -0.39 is 17.8 Å². The number of amides is 1. The number of carboxylic acids is 1. The van der Waals surface area contributed by atoms with Crippen molar-refractivity contribution in [3.8, 4) is 0 Å². The summed E-state index contributed by atoms with van der Waals surface area (Å²) in [6, 6.07) is 6.22. The van der Waals surface area contributed by atoms with Crippen molar-refractivity contribution in [3.05, 3.63) is 29.8 Å². The van der Waals surface area contributed by atoms with Gasteiger partial charge in [0.2, 0.25) is 5.91 Å². The first-order chi connectivity index (χ1) is 8.52. The number of esters is 1. The van der Waals surface area contributed by atoms with Gasteiger partial charge in [-0.3, -0.25) is 9.59 Å². The molecule has 0 saturated carbocycles. The minimum Gasteiger partial charge on any atom is -0.481 e. The molecule has 6 heteroatoms. The summed E-state index contributed by atoms with van der Waals surface area (Å²) in [7, 11) is 1.26. The molecule has 0 aliphatic heterocycles. The summed E-state index contributed by atoms with van der Waals surface area (Å²) in [5.74, 6) is -1.95. The van der Waals surface area contributed by atoms with Crippen LogP contribution in [0.25, 0.3) is 0 Å². The Kier molecular flexibility index (Phi) is 4.86. The third-order valence-electron chi connectivity index (χ3n) is 2.13. The lowest BCUT2D eigenvalue weighted by Gasteiger charge is -2.05. The van der Waals surface area contributed by atoms with E-state index in [4.69, 9.17) is 5.11 Å². The molecule has 0 heterocycles. The molecule has 1 aromatic rings. The summed E-state index contributed by atoms with van der Waals surface area (Å²) in [6.45, 7) is 0. The number of hydrogen-bond acceptors (Lipinski definition) is 4. The highest BCUT2D eigenvalue weighted by molar-refractivity contribution is 5.95. The number of carbonyl (C=O) groups is 3. The van der Waals surface area contributed by atoms with Crippen LogP contribution in [0.2, 0.25) is 0 Å². The van der Waals surface area contributed by atoms with Gasteiger partial charge >= 0.3 is 11.9 Å². The molecule has 0 bridgehead atoms. The molecule has 0 radical (unpaired) electrons. The number of ether oxygens (including phenoxy) is 1. The van der Waals surface area contributed by atoms with Gasteiger partial charge in [-0.15, -0.1) is 0 Å². The minimum absolute atomic E-state index is 0.113. The van der Waals surface area contributed by atoms with Gasteiger partial charge < -0.3 is 15.2 Å². The molecular formula is C12H13NO5. The fraction of sp³-hybridized carbons (Fsp3) is 0.250. The monoisotopic (exact) mass is 251 g/mol. The molecule has 0 atom stereocenters. The van der Waals surface area contributed by atoms with Crippen molar-refractivity contribution in [1.29, 1.82) is 0 Å². The highest BCUT2D eigenvalue weighted by Gasteiger charge is 2.08. The lowest BCUT2D eigenvalue weighted by molar-refractivity contribution is -0.138. The van der Waals surface area contributed by atoms with E-state index in [0.717, 1.165) is 0 Å². The van der Waals surface area contributed by atoms with Crippen LogP contribution in [0.3, 0.4) is 0 Å². The lowest BCUT2D eigenvalue weighted by Crippen LogP contribution is -2.13. The standard InChI is InChI=1S/C12H13NO5/c1-18-12(17)8-3-2-4-9(7-8)13-10(14)5-6-11(15)16/h2-4,7H,5-6H2,1H3,(H,13,14)(H,15,16). The second-order valence-corrected chi connectivity index (χ2v) is 3.51. The van der Waals surface area contributed by atoms with E-state index in [-0.39, 0.29) is 12.8 Å². The van der Waals surface area contributed by atoms with Crippen molar-refractivity contribution in [3.63, 3.8) is 0 Å². The molecule has 0 fully saturated rings. The molecule has 18 heavy (non-hydrogen) atoms. The van der Waals surface area contributed by atoms with Gasteiger partial charge in [0, 0.05) is 12.1 Å². The van der Waals surface area contributed by atoms with Gasteiger partial charge in [0.1, 0.15) is 0 Å². The second kappa shape index (κ2) is 6.39. The third-order valence-corrected chi connectivity index (χ3v) is 2.13. The van der Waals surface area contributed by atoms with Gasteiger partial charge in [0.15, 0.2) is 0 Å². The summed E-state index contributed by atoms with van der Waals surface area (Å²) in [5, 5.41) is 10.9. The molecule has 0 unspecified atom stereocenters. The van der Waals surface area contributed by atoms with Crippen molar-refractivity contribution in [2.45, 2.75) is 12.8 Å². The number of anilines is 1. The van der Waals surface area contributed by atoms with Crippen LogP contribution in [-0.4, -0.2) is 30.1 Å². The van der Waals surface area contributed by atoms with E-state index in [1.807, 2.05) is 0 Å². The van der Waals surface area contributed by atoms with Crippen molar-refractivity contribution >= 4 is 23.5 Å². The Morgan fingerprint density at radius 2 is 2.00 bits per heavy atom. The summed E-state index contributed by atoms with van der Waals surface area (Å²) in [5.41, 5.74) is 0.738. The van der Waals surface area contributed by atoms with E-state index in [2.05, 4.69) is 10.1 Å². The van der Waals surface area contributed by atoms with E-state index >= 15 is 0 Å². The smallest absolute Gasteiger partial charge is 0.337 e. The molecule has 1 amide bonds. The molecule has 0 aromatic heterocycles. The highest BCUT2D eigenvalue weighted by Crippen LogP contribution is 2.12. The van der Waals surface area contributed by atoms with Crippen LogP contribution in [0.4, 0.5) is 5.69 Å². The molecule has 1 rings (SSSR count). The fourth-order valence-electron chi connectivity index (χ4n) is 1.29. The maximum absolute atomic E-state index is 11.4. The minimum atomic E-state index is -1.03. The second-order valence-electron chi connectivity index (χ2n) is 3.51. The molecule has 0 aliphatic carbocycles. The molecule has 2 N–H and O–H groups in total. The zero-order chi connectivity index (χ0) is 13.5. The third kappa shape index (κ3) is 4.25. The molecule has 0 saturated heterocycles. The van der Waals surface area contributed by atoms with Crippen LogP contribution in [0.15, 0.2) is 24.3 Å². The van der Waals surface area contributed by atoms with Crippen molar-refractivity contribution < 1.29 is 24.2 Å². The van der Waals surface area contributed by atoms with Crippen molar-refractivity contribution in [1.82, 2.24) is 0 Å². The Labute approximate surface area is 104 Å². The first kappa shape index (κ1) is 13.7. The molecule has 1 aromatic carbocycles. The largest absolute Gasteiger partial charge is 0.481 e. The van der Waals surface area contributed by atoms with Crippen molar-refractivity contribution in [2.24, 2.45) is 0 Å². The number of rotatable bonds is 5. The first-order valence-electron chi connectivity index (χ1n) is 5.23. The summed E-state index contributed by atoms with van der Waals surface area (Å²) in [6.07, 6.45) is -0.347. The van der Waals surface area contributed by atoms with E-state index in [0.29, 0.717) is 11.3 Å². The SMILES string of the molecule is COC(=O)c1cccc(NC(=O)CCC(=O)O)c1. The van der Waals surface area contributed by atoms with E-state index in [9.17, 15) is 14.4 Å². The molecule has 0 aliphatic rings. The number of carbonyl (C=O) groups excluding carboxylic acids is 2. The van der Waals surface area contributed by atoms with Gasteiger partial charge in [0.25, 0.3) is 0 Å². The van der Waals surface area contributed by atoms with Gasteiger partial charge in [-0.1, -0.05) is 6.07 Å². The fourth-order valence-corrected chi connectivity index (χ4v) is 1.29. The van der Waals surface area contributed by atoms with Crippen LogP contribution in [0.5, 0.6) is 0 Å². The number of benzene rings is 1. The maximum atomic E-state index is 11.4. The Balaban J connectivity index is 2.64. The first-order valence-corrected chi connectivity index (χ1v) is 5.23. The van der Waals surface area contributed by atoms with Gasteiger partial charge in [-0.05, 0) is 18.2 Å². The summed E-state index contributed by atoms with van der Waals surface area (Å²) < 4.78 is 4.55. The van der Waals surface area contributed by atoms with E-state index in [1.165, 1.54) is 13.2 Å². The zero-order valence-corrected chi connectivity index (χ0v) is 9.80. The molecule has 0 spiro atoms. The predicted octanol–water partition coefficient (Wildman–Crippen LogP) is 1.28. The average Bonchev–Trinajstić information content (AvgIpc) is 2.35. The molecule has 6 nitrogen and oxygen atoms in total. The normalized spacial score (nSPS) is 9.61. The number of carboxylic acid groups (broad SMARTS) is 1. The number of methoxy groups -OCH3 is 1. The van der Waals surface area contributed by atoms with Crippen LogP contribution < -0.4 is 5.32 Å². The summed E-state index contributed by atoms with van der Waals surface area (Å²) in [4.78, 5) is 32.9. The highest BCUT2D eigenvalue weighted by atomic mass is 16.5. The van der Waals surface area contributed by atoms with E-state index in [1.54, 1.807) is 18.2 Å². The topological polar surface area (TPSA) is 92.7 Å². The predicted molar refractivity (Wildman–Crippen MR) is 63.3 cm³/mol. The van der Waals surface area contributed by atoms with Gasteiger partial charge in [-0.25, -0.2) is 4.79 Å². The zero-order valence-electron chi connectivity index (χ0n) is 9.80. The van der Waals surface area contributed by atoms with Crippen LogP contribution >= 0.6 is 0 Å². The Hall–Kier alpha value is -2.37. The number of nitrogens with one attached hydrogen (secondary N) is 1. The van der Waals surface area contributed by atoms with Crippen LogP contribution in [0, 0.1) is 0 Å². The van der Waals surface area contributed by atoms with Gasteiger partial charge in [-0.2, -0.15) is 0 Å². The maximum Gasteiger partial charge on any atom is 0.337 e. The summed E-state index contributed by atoms with van der Waals surface area (Å²) >= 11 is 0. The van der Waals surface area contributed by atoms with Crippen molar-refractivity contribution in [2.75, 3.05) is 12.4 Å². The quantitative estimate of drug-likeness (QED) is 0.769. The Bertz CT molecular complexity index is 469. The van der Waals surface area contributed by atoms with Crippen LogP contribution in [0.1, 0.15) is 23.2 Å². The molecule has 96 valence electrons. The Morgan fingerprint density at radius 1 is 1.28 bits per heavy atom. The van der Waals surface area contributed by atoms with Gasteiger partial charge in [0.05, 0.1) is 19.1 Å². The number of hydrogen-bond donors (Lipinski definition) is 2. The average molecular weight is 251 g/mol. The molecular weight excluding hydrogens is 238 g/mol. The Morgan fingerprint density at radius 3 is 2.61 bits per heavy atom. The van der Waals surface area contributed by atoms with Crippen LogP contribution in [-0.2, 0) is 14.3 Å².